The number of amides is 2. The molecule has 37 heavy (non-hydrogen) atoms. The molecule has 9 nitrogen and oxygen atoms in total. The summed E-state index contributed by atoms with van der Waals surface area (Å²) < 4.78 is 35.4. The van der Waals surface area contributed by atoms with Crippen molar-refractivity contribution in [1.82, 2.24) is 9.47 Å². The molecule has 0 fully saturated rings. The molecule has 0 saturated heterocycles. The number of urea groups is 1. The van der Waals surface area contributed by atoms with Crippen molar-refractivity contribution in [2.24, 2.45) is 0 Å². The van der Waals surface area contributed by atoms with Gasteiger partial charge in [-0.05, 0) is 69.9 Å². The number of carbonyl (C=O) groups excluding carboxylic acids is 3. The second kappa shape index (κ2) is 12.5. The summed E-state index contributed by atoms with van der Waals surface area (Å²) in [4.78, 5) is 39.7. The van der Waals surface area contributed by atoms with Crippen molar-refractivity contribution in [2.75, 3.05) is 31.3 Å². The van der Waals surface area contributed by atoms with Crippen LogP contribution in [0.15, 0.2) is 48.7 Å². The molecule has 3 aromatic rings. The molecule has 0 aliphatic rings. The van der Waals surface area contributed by atoms with E-state index in [4.69, 9.17) is 16.3 Å². The molecule has 0 aliphatic carbocycles. The number of anilines is 2. The zero-order valence-corrected chi connectivity index (χ0v) is 21.2. The average molecular weight is 537 g/mol. The van der Waals surface area contributed by atoms with Gasteiger partial charge in [-0.2, -0.15) is 8.78 Å². The smallest absolute Gasteiger partial charge is 0.387 e. The summed E-state index contributed by atoms with van der Waals surface area (Å²) in [5.41, 5.74) is 1.19. The van der Waals surface area contributed by atoms with Crippen LogP contribution < -0.4 is 15.4 Å². The van der Waals surface area contributed by atoms with Crippen LogP contribution in [0.5, 0.6) is 5.75 Å². The van der Waals surface area contributed by atoms with Gasteiger partial charge in [-0.3, -0.25) is 19.1 Å². The Bertz CT molecular complexity index is 1260. The number of nitrogens with zero attached hydrogens (tertiary/aromatic N) is 2. The molecule has 1 unspecified atom stereocenters. The standard InChI is InChI=1S/C25H27ClF2N4O5/c1-4-36-23(34)21(31(2)3)11-12-22(33)32-14-19(18-13-15(26)5-10-20(18)32)30-25(35)29-16-6-8-17(9-7-16)37-24(27)28/h5-10,13-14,21,24H,4,11-12H2,1-3H3,(H2,29,30,35). The van der Waals surface area contributed by atoms with Gasteiger partial charge in [-0.25, -0.2) is 4.79 Å². The number of hydrogen-bond acceptors (Lipinski definition) is 6. The molecule has 0 aliphatic heterocycles. The van der Waals surface area contributed by atoms with Crippen molar-refractivity contribution in [3.8, 4) is 5.75 Å². The average Bonchev–Trinajstić information content (AvgIpc) is 3.17. The highest BCUT2D eigenvalue weighted by molar-refractivity contribution is 6.31. The lowest BCUT2D eigenvalue weighted by Crippen LogP contribution is -2.37. The van der Waals surface area contributed by atoms with Gasteiger partial charge in [-0.1, -0.05) is 11.6 Å². The Labute approximate surface area is 217 Å². The minimum Gasteiger partial charge on any atom is -0.465 e. The lowest BCUT2D eigenvalue weighted by atomic mass is 10.1. The van der Waals surface area contributed by atoms with E-state index in [2.05, 4.69) is 15.4 Å². The first kappa shape index (κ1) is 27.9. The molecule has 12 heteroatoms. The first-order valence-corrected chi connectivity index (χ1v) is 11.8. The Morgan fingerprint density at radius 3 is 2.41 bits per heavy atom. The van der Waals surface area contributed by atoms with Crippen molar-refractivity contribution < 1.29 is 32.6 Å². The maximum absolute atomic E-state index is 13.1. The van der Waals surface area contributed by atoms with Crippen molar-refractivity contribution in [2.45, 2.75) is 32.4 Å². The molecule has 1 heterocycles. The molecular weight excluding hydrogens is 510 g/mol. The van der Waals surface area contributed by atoms with Crippen LogP contribution in [-0.2, 0) is 9.53 Å². The number of halogens is 3. The summed E-state index contributed by atoms with van der Waals surface area (Å²) in [5, 5.41) is 6.22. The number of nitrogens with one attached hydrogen (secondary N) is 2. The summed E-state index contributed by atoms with van der Waals surface area (Å²) in [5.74, 6) is -0.736. The quantitative estimate of drug-likeness (QED) is 0.334. The zero-order valence-electron chi connectivity index (χ0n) is 20.5. The van der Waals surface area contributed by atoms with Gasteiger partial charge >= 0.3 is 18.6 Å². The van der Waals surface area contributed by atoms with Crippen LogP contribution in [-0.4, -0.2) is 60.7 Å². The Morgan fingerprint density at radius 2 is 1.78 bits per heavy atom. The normalized spacial score (nSPS) is 12.0. The van der Waals surface area contributed by atoms with E-state index in [0.29, 0.717) is 27.3 Å². The second-order valence-corrected chi connectivity index (χ2v) is 8.66. The van der Waals surface area contributed by atoms with Crippen LogP contribution in [0.3, 0.4) is 0 Å². The number of benzene rings is 2. The predicted octanol–water partition coefficient (Wildman–Crippen LogP) is 5.45. The number of alkyl halides is 2. The third-order valence-electron chi connectivity index (χ3n) is 5.43. The maximum atomic E-state index is 13.1. The summed E-state index contributed by atoms with van der Waals surface area (Å²) in [7, 11) is 3.47. The molecule has 0 bridgehead atoms. The number of hydrogen-bond donors (Lipinski definition) is 2. The van der Waals surface area contributed by atoms with E-state index in [-0.39, 0.29) is 31.1 Å². The van der Waals surface area contributed by atoms with Gasteiger partial charge < -0.3 is 20.1 Å². The zero-order chi connectivity index (χ0) is 27.1. The lowest BCUT2D eigenvalue weighted by Gasteiger charge is -2.22. The van der Waals surface area contributed by atoms with E-state index < -0.39 is 24.7 Å². The highest BCUT2D eigenvalue weighted by Gasteiger charge is 2.24. The van der Waals surface area contributed by atoms with Crippen LogP contribution in [0.25, 0.3) is 10.9 Å². The van der Waals surface area contributed by atoms with Crippen molar-refractivity contribution in [1.29, 1.82) is 0 Å². The molecule has 0 spiro atoms. The minimum atomic E-state index is -2.95. The van der Waals surface area contributed by atoms with Crippen LogP contribution in [0.4, 0.5) is 25.0 Å². The van der Waals surface area contributed by atoms with E-state index in [1.165, 1.54) is 35.0 Å². The molecule has 3 rings (SSSR count). The third kappa shape index (κ3) is 7.40. The van der Waals surface area contributed by atoms with Crippen LogP contribution in [0.2, 0.25) is 5.02 Å². The van der Waals surface area contributed by atoms with Crippen LogP contribution in [0, 0.1) is 0 Å². The van der Waals surface area contributed by atoms with Crippen molar-refractivity contribution in [3.63, 3.8) is 0 Å². The molecule has 1 atom stereocenters. The fourth-order valence-electron chi connectivity index (χ4n) is 3.72. The van der Waals surface area contributed by atoms with Gasteiger partial charge in [-0.15, -0.1) is 0 Å². The van der Waals surface area contributed by atoms with E-state index >= 15 is 0 Å². The predicted molar refractivity (Wildman–Crippen MR) is 137 cm³/mol. The number of likely N-dealkylation sites (N-methyl/N-ethyl adjacent to an activating group) is 1. The van der Waals surface area contributed by atoms with E-state index in [0.717, 1.165) is 0 Å². The van der Waals surface area contributed by atoms with E-state index in [1.807, 2.05) is 0 Å². The Kier molecular flexibility index (Phi) is 9.42. The van der Waals surface area contributed by atoms with Crippen LogP contribution in [0.1, 0.15) is 24.6 Å². The van der Waals surface area contributed by atoms with Gasteiger partial charge in [0.25, 0.3) is 0 Å². The minimum absolute atomic E-state index is 0.0448. The van der Waals surface area contributed by atoms with Crippen LogP contribution >= 0.6 is 11.6 Å². The maximum Gasteiger partial charge on any atom is 0.387 e. The fourth-order valence-corrected chi connectivity index (χ4v) is 3.89. The van der Waals surface area contributed by atoms with E-state index in [1.54, 1.807) is 44.1 Å². The lowest BCUT2D eigenvalue weighted by molar-refractivity contribution is -0.148. The van der Waals surface area contributed by atoms with Crippen molar-refractivity contribution in [3.05, 3.63) is 53.7 Å². The summed E-state index contributed by atoms with van der Waals surface area (Å²) in [6.07, 6.45) is 1.77. The first-order valence-electron chi connectivity index (χ1n) is 11.4. The monoisotopic (exact) mass is 536 g/mol. The van der Waals surface area contributed by atoms with Gasteiger partial charge in [0.1, 0.15) is 11.8 Å². The highest BCUT2D eigenvalue weighted by atomic mass is 35.5. The number of fused-ring (bicyclic) bond motifs is 1. The largest absolute Gasteiger partial charge is 0.465 e. The van der Waals surface area contributed by atoms with Gasteiger partial charge in [0.15, 0.2) is 0 Å². The topological polar surface area (TPSA) is 102 Å². The Morgan fingerprint density at radius 1 is 1.08 bits per heavy atom. The van der Waals surface area contributed by atoms with Gasteiger partial charge in [0, 0.05) is 28.7 Å². The summed E-state index contributed by atoms with van der Waals surface area (Å²) >= 11 is 6.15. The number of rotatable bonds is 10. The third-order valence-corrected chi connectivity index (χ3v) is 5.67. The molecular formula is C25H27ClF2N4O5. The number of carbonyl (C=O) groups is 3. The molecule has 2 N–H and O–H groups in total. The van der Waals surface area contributed by atoms with Gasteiger partial charge in [0.2, 0.25) is 5.91 Å². The molecule has 1 aromatic heterocycles. The summed E-state index contributed by atoms with van der Waals surface area (Å²) in [6.45, 7) is -0.993. The summed E-state index contributed by atoms with van der Waals surface area (Å²) in [6, 6.07) is 9.11. The molecule has 0 saturated carbocycles. The van der Waals surface area contributed by atoms with Crippen molar-refractivity contribution >= 4 is 51.8 Å². The second-order valence-electron chi connectivity index (χ2n) is 8.22. The number of esters is 1. The Hall–Kier alpha value is -3.70. The Balaban J connectivity index is 1.76. The number of aromatic nitrogens is 1. The molecule has 2 aromatic carbocycles. The molecule has 2 amide bonds. The van der Waals surface area contributed by atoms with E-state index in [9.17, 15) is 23.2 Å². The molecule has 0 radical (unpaired) electrons. The fraction of sp³-hybridized carbons (Fsp3) is 0.320. The van der Waals surface area contributed by atoms with Gasteiger partial charge in [0.05, 0.1) is 17.8 Å². The number of ether oxygens (including phenoxy) is 2. The SMILES string of the molecule is CCOC(=O)C(CCC(=O)n1cc(NC(=O)Nc2ccc(OC(F)F)cc2)c2cc(Cl)ccc21)N(C)C. The molecule has 198 valence electrons. The highest BCUT2D eigenvalue weighted by Crippen LogP contribution is 2.30. The first-order chi connectivity index (χ1) is 17.6.